The molecule has 1 aliphatic rings. The molecule has 0 aliphatic carbocycles. The number of hydrogen-bond acceptors (Lipinski definition) is 3. The SMILES string of the molecule is CCCN1CCN(CC(C)O)CC1C. The second-order valence-corrected chi connectivity index (χ2v) is 4.49. The van der Waals surface area contributed by atoms with Gasteiger partial charge in [-0.05, 0) is 26.8 Å². The molecule has 1 fully saturated rings. The minimum Gasteiger partial charge on any atom is -0.392 e. The van der Waals surface area contributed by atoms with Crippen LogP contribution in [0.5, 0.6) is 0 Å². The highest BCUT2D eigenvalue weighted by Crippen LogP contribution is 2.09. The number of β-amino-alcohol motifs (C(OH)–C–C–N with tert-alkyl or cyclic N) is 1. The van der Waals surface area contributed by atoms with Crippen molar-refractivity contribution in [1.82, 2.24) is 9.80 Å². The summed E-state index contributed by atoms with van der Waals surface area (Å²) in [5.74, 6) is 0. The molecule has 2 atom stereocenters. The highest BCUT2D eigenvalue weighted by atomic mass is 16.3. The number of aliphatic hydroxyl groups excluding tert-OH is 1. The van der Waals surface area contributed by atoms with E-state index < -0.39 is 0 Å². The number of hydrogen-bond donors (Lipinski definition) is 1. The van der Waals surface area contributed by atoms with E-state index in [0.717, 1.165) is 26.2 Å². The van der Waals surface area contributed by atoms with Crippen LogP contribution in [0, 0.1) is 0 Å². The Bertz CT molecular complexity index is 161. The van der Waals surface area contributed by atoms with Gasteiger partial charge in [-0.1, -0.05) is 6.92 Å². The van der Waals surface area contributed by atoms with Crippen LogP contribution in [-0.2, 0) is 0 Å². The zero-order valence-electron chi connectivity index (χ0n) is 9.74. The van der Waals surface area contributed by atoms with Gasteiger partial charge in [0.1, 0.15) is 0 Å². The second kappa shape index (κ2) is 5.69. The molecule has 1 aliphatic heterocycles. The molecule has 0 radical (unpaired) electrons. The van der Waals surface area contributed by atoms with Crippen LogP contribution in [0.15, 0.2) is 0 Å². The first-order valence-electron chi connectivity index (χ1n) is 5.78. The van der Waals surface area contributed by atoms with Crippen molar-refractivity contribution in [2.75, 3.05) is 32.7 Å². The van der Waals surface area contributed by atoms with Crippen LogP contribution in [0.4, 0.5) is 0 Å². The van der Waals surface area contributed by atoms with Crippen molar-refractivity contribution in [3.8, 4) is 0 Å². The number of aliphatic hydroxyl groups is 1. The molecule has 0 bridgehead atoms. The fourth-order valence-electron chi connectivity index (χ4n) is 2.23. The van der Waals surface area contributed by atoms with Crippen LogP contribution in [0.2, 0.25) is 0 Å². The highest BCUT2D eigenvalue weighted by molar-refractivity contribution is 4.79. The molecule has 1 N–H and O–H groups in total. The second-order valence-electron chi connectivity index (χ2n) is 4.49. The van der Waals surface area contributed by atoms with E-state index in [-0.39, 0.29) is 6.10 Å². The van der Waals surface area contributed by atoms with Crippen LogP contribution < -0.4 is 0 Å². The van der Waals surface area contributed by atoms with Gasteiger partial charge in [-0.15, -0.1) is 0 Å². The Morgan fingerprint density at radius 2 is 2.14 bits per heavy atom. The summed E-state index contributed by atoms with van der Waals surface area (Å²) >= 11 is 0. The monoisotopic (exact) mass is 200 g/mol. The molecule has 3 nitrogen and oxygen atoms in total. The summed E-state index contributed by atoms with van der Waals surface area (Å²) in [7, 11) is 0. The van der Waals surface area contributed by atoms with E-state index in [4.69, 9.17) is 0 Å². The van der Waals surface area contributed by atoms with Crippen LogP contribution in [0.1, 0.15) is 27.2 Å². The van der Waals surface area contributed by atoms with Gasteiger partial charge in [-0.25, -0.2) is 0 Å². The van der Waals surface area contributed by atoms with Crippen LogP contribution in [0.25, 0.3) is 0 Å². The summed E-state index contributed by atoms with van der Waals surface area (Å²) in [6.45, 7) is 11.8. The largest absolute Gasteiger partial charge is 0.392 e. The van der Waals surface area contributed by atoms with Crippen LogP contribution in [-0.4, -0.2) is 59.8 Å². The van der Waals surface area contributed by atoms with Gasteiger partial charge in [-0.3, -0.25) is 9.80 Å². The zero-order valence-corrected chi connectivity index (χ0v) is 9.74. The normalized spacial score (nSPS) is 27.9. The Kier molecular flexibility index (Phi) is 4.85. The summed E-state index contributed by atoms with van der Waals surface area (Å²) in [5, 5.41) is 9.30. The third kappa shape index (κ3) is 3.56. The third-order valence-electron chi connectivity index (χ3n) is 2.88. The molecule has 3 heteroatoms. The Morgan fingerprint density at radius 1 is 1.43 bits per heavy atom. The van der Waals surface area contributed by atoms with Crippen molar-refractivity contribution >= 4 is 0 Å². The number of piperazine rings is 1. The minimum absolute atomic E-state index is 0.195. The third-order valence-corrected chi connectivity index (χ3v) is 2.88. The Hall–Kier alpha value is -0.120. The minimum atomic E-state index is -0.195. The lowest BCUT2D eigenvalue weighted by molar-refractivity contribution is 0.0512. The Balaban J connectivity index is 2.31. The van der Waals surface area contributed by atoms with Gasteiger partial charge in [0, 0.05) is 32.2 Å². The van der Waals surface area contributed by atoms with Gasteiger partial charge in [-0.2, -0.15) is 0 Å². The van der Waals surface area contributed by atoms with Crippen molar-refractivity contribution in [3.63, 3.8) is 0 Å². The molecule has 1 rings (SSSR count). The Morgan fingerprint density at radius 3 is 2.64 bits per heavy atom. The molecule has 84 valence electrons. The molecular weight excluding hydrogens is 176 g/mol. The first kappa shape index (κ1) is 12.0. The molecule has 0 spiro atoms. The van der Waals surface area contributed by atoms with Crippen molar-refractivity contribution in [1.29, 1.82) is 0 Å². The van der Waals surface area contributed by atoms with Crippen molar-refractivity contribution in [3.05, 3.63) is 0 Å². The molecule has 0 aromatic carbocycles. The van der Waals surface area contributed by atoms with Crippen LogP contribution in [0.3, 0.4) is 0 Å². The Labute approximate surface area is 87.7 Å². The first-order chi connectivity index (χ1) is 6.63. The van der Waals surface area contributed by atoms with E-state index in [1.807, 2.05) is 6.92 Å². The van der Waals surface area contributed by atoms with Gasteiger partial charge in [0.2, 0.25) is 0 Å². The summed E-state index contributed by atoms with van der Waals surface area (Å²) in [6.07, 6.45) is 1.04. The molecule has 14 heavy (non-hydrogen) atoms. The summed E-state index contributed by atoms with van der Waals surface area (Å²) in [5.41, 5.74) is 0. The van der Waals surface area contributed by atoms with E-state index in [0.29, 0.717) is 6.04 Å². The average molecular weight is 200 g/mol. The van der Waals surface area contributed by atoms with E-state index in [1.165, 1.54) is 13.0 Å². The molecule has 1 saturated heterocycles. The lowest BCUT2D eigenvalue weighted by atomic mass is 10.1. The predicted octanol–water partition coefficient (Wildman–Crippen LogP) is 0.783. The van der Waals surface area contributed by atoms with Gasteiger partial charge < -0.3 is 5.11 Å². The van der Waals surface area contributed by atoms with E-state index in [9.17, 15) is 5.11 Å². The summed E-state index contributed by atoms with van der Waals surface area (Å²) in [6, 6.07) is 0.641. The molecular formula is C11H24N2O. The molecule has 0 aromatic rings. The quantitative estimate of drug-likeness (QED) is 0.726. The zero-order chi connectivity index (χ0) is 10.6. The molecule has 0 amide bonds. The number of nitrogens with zero attached hydrogens (tertiary/aromatic N) is 2. The lowest BCUT2D eigenvalue weighted by Crippen LogP contribution is -2.53. The molecule has 1 heterocycles. The van der Waals surface area contributed by atoms with E-state index in [1.54, 1.807) is 0 Å². The standard InChI is InChI=1S/C11H24N2O/c1-4-5-13-7-6-12(8-10(13)2)9-11(3)14/h10-11,14H,4-9H2,1-3H3. The highest BCUT2D eigenvalue weighted by Gasteiger charge is 2.23. The average Bonchev–Trinajstić information content (AvgIpc) is 2.09. The van der Waals surface area contributed by atoms with E-state index in [2.05, 4.69) is 23.6 Å². The van der Waals surface area contributed by atoms with Crippen molar-refractivity contribution in [2.24, 2.45) is 0 Å². The topological polar surface area (TPSA) is 26.7 Å². The van der Waals surface area contributed by atoms with Gasteiger partial charge >= 0.3 is 0 Å². The van der Waals surface area contributed by atoms with E-state index >= 15 is 0 Å². The fourth-order valence-corrected chi connectivity index (χ4v) is 2.23. The smallest absolute Gasteiger partial charge is 0.0639 e. The van der Waals surface area contributed by atoms with Crippen LogP contribution >= 0.6 is 0 Å². The maximum absolute atomic E-state index is 9.30. The molecule has 2 unspecified atom stereocenters. The van der Waals surface area contributed by atoms with Crippen molar-refractivity contribution in [2.45, 2.75) is 39.3 Å². The number of rotatable bonds is 4. The first-order valence-corrected chi connectivity index (χ1v) is 5.78. The fraction of sp³-hybridized carbons (Fsp3) is 1.00. The summed E-state index contributed by atoms with van der Waals surface area (Å²) < 4.78 is 0. The predicted molar refractivity (Wildman–Crippen MR) is 59.4 cm³/mol. The van der Waals surface area contributed by atoms with Crippen molar-refractivity contribution < 1.29 is 5.11 Å². The van der Waals surface area contributed by atoms with Gasteiger partial charge in [0.15, 0.2) is 0 Å². The van der Waals surface area contributed by atoms with Gasteiger partial charge in [0.25, 0.3) is 0 Å². The van der Waals surface area contributed by atoms with Gasteiger partial charge in [0.05, 0.1) is 6.10 Å². The maximum atomic E-state index is 9.30. The maximum Gasteiger partial charge on any atom is 0.0639 e. The lowest BCUT2D eigenvalue weighted by Gasteiger charge is -2.40. The molecule has 0 aromatic heterocycles. The summed E-state index contributed by atoms with van der Waals surface area (Å²) in [4.78, 5) is 4.90. The molecule has 0 saturated carbocycles.